The molecule has 1 saturated heterocycles. The van der Waals surface area contributed by atoms with Crippen LogP contribution in [0, 0.1) is 11.8 Å². The number of rotatable bonds is 0. The van der Waals surface area contributed by atoms with Crippen molar-refractivity contribution in [3.8, 4) is 0 Å². The molecule has 1 N–H and O–H groups in total. The highest BCUT2D eigenvalue weighted by Crippen LogP contribution is 2.66. The van der Waals surface area contributed by atoms with Crippen LogP contribution < -0.4 is 0 Å². The first-order valence-electron chi connectivity index (χ1n) is 8.20. The largest absolute Gasteiger partial charge is 0.278 e. The molecule has 2 aromatic carbocycles. The number of carbonyl (C=O) groups is 2. The van der Waals surface area contributed by atoms with Crippen molar-refractivity contribution >= 4 is 11.8 Å². The zero-order valence-corrected chi connectivity index (χ0v) is 13.5. The monoisotopic (exact) mass is 319 g/mol. The van der Waals surface area contributed by atoms with E-state index in [4.69, 9.17) is 0 Å². The molecule has 2 aromatic rings. The van der Waals surface area contributed by atoms with Gasteiger partial charge in [0.1, 0.15) is 0 Å². The van der Waals surface area contributed by atoms with Crippen LogP contribution in [0.3, 0.4) is 0 Å². The Kier molecular flexibility index (Phi) is 2.29. The van der Waals surface area contributed by atoms with Crippen molar-refractivity contribution in [3.63, 3.8) is 0 Å². The molecule has 3 aliphatic carbocycles. The second kappa shape index (κ2) is 3.95. The van der Waals surface area contributed by atoms with Crippen LogP contribution in [0.15, 0.2) is 48.5 Å². The Morgan fingerprint density at radius 1 is 0.750 bits per heavy atom. The lowest BCUT2D eigenvalue weighted by molar-refractivity contribution is -0.173. The van der Waals surface area contributed by atoms with Crippen molar-refractivity contribution in [3.05, 3.63) is 70.8 Å². The molecule has 2 atom stereocenters. The van der Waals surface area contributed by atoms with Crippen molar-refractivity contribution in [2.45, 2.75) is 24.7 Å². The molecule has 1 aliphatic heterocycles. The van der Waals surface area contributed by atoms with Gasteiger partial charge in [0.25, 0.3) is 11.8 Å². The fourth-order valence-corrected chi connectivity index (χ4v) is 5.56. The third kappa shape index (κ3) is 1.18. The van der Waals surface area contributed by atoms with Crippen LogP contribution in [0.5, 0.6) is 0 Å². The minimum atomic E-state index is -0.611. The van der Waals surface area contributed by atoms with E-state index in [1.54, 1.807) is 0 Å². The van der Waals surface area contributed by atoms with Gasteiger partial charge in [0.05, 0.1) is 11.8 Å². The van der Waals surface area contributed by atoms with E-state index in [-0.39, 0.29) is 0 Å². The lowest BCUT2D eigenvalue weighted by Crippen LogP contribution is -2.59. The Bertz CT molecular complexity index is 810. The number of imide groups is 1. The summed E-state index contributed by atoms with van der Waals surface area (Å²) in [5.41, 5.74) is 3.13. The summed E-state index contributed by atoms with van der Waals surface area (Å²) in [7, 11) is 0. The Morgan fingerprint density at radius 2 is 1.04 bits per heavy atom. The summed E-state index contributed by atoms with van der Waals surface area (Å²) < 4.78 is 0. The normalized spacial score (nSPS) is 35.7. The number of hydrogen-bond acceptors (Lipinski definition) is 3. The standard InChI is InChI=1S/C20H17NO3/c1-19-11-7-3-5-9-13(11)20(2,14-10-6-4-8-12(14)19)16-15(19)17(22)21(24)18(16)23/h3-10,15-16,24H,1-2H3/t15-,16+,19?,20?. The summed E-state index contributed by atoms with van der Waals surface area (Å²) in [4.78, 5) is 25.5. The van der Waals surface area contributed by atoms with E-state index in [1.165, 1.54) is 0 Å². The first-order chi connectivity index (χ1) is 11.4. The maximum Gasteiger partial charge on any atom is 0.258 e. The Hall–Kier alpha value is -2.46. The second-order valence-corrected chi connectivity index (χ2v) is 7.44. The van der Waals surface area contributed by atoms with Gasteiger partial charge in [-0.2, -0.15) is 5.06 Å². The van der Waals surface area contributed by atoms with Crippen LogP contribution in [0.2, 0.25) is 0 Å². The van der Waals surface area contributed by atoms with Crippen molar-refractivity contribution in [2.24, 2.45) is 11.8 Å². The quantitative estimate of drug-likeness (QED) is 0.600. The zero-order chi connectivity index (χ0) is 16.9. The minimum absolute atomic E-state index is 0.351. The molecule has 4 heteroatoms. The first-order valence-corrected chi connectivity index (χ1v) is 8.20. The molecule has 0 spiro atoms. The lowest BCUT2D eigenvalue weighted by Gasteiger charge is -2.57. The first kappa shape index (κ1) is 13.9. The van der Waals surface area contributed by atoms with Crippen molar-refractivity contribution in [1.82, 2.24) is 5.06 Å². The smallest absolute Gasteiger partial charge is 0.258 e. The summed E-state index contributed by atoms with van der Waals surface area (Å²) >= 11 is 0. The van der Waals surface area contributed by atoms with E-state index in [2.05, 4.69) is 24.3 Å². The number of amides is 2. The third-order valence-corrected chi connectivity index (χ3v) is 6.62. The van der Waals surface area contributed by atoms with Gasteiger partial charge in [0.2, 0.25) is 0 Å². The van der Waals surface area contributed by atoms with Crippen LogP contribution in [0.4, 0.5) is 0 Å². The molecule has 0 saturated carbocycles. The van der Waals surface area contributed by atoms with E-state index >= 15 is 0 Å². The summed E-state index contributed by atoms with van der Waals surface area (Å²) in [6.07, 6.45) is 0. The topological polar surface area (TPSA) is 57.6 Å². The molecular weight excluding hydrogens is 302 g/mol. The molecule has 4 nitrogen and oxygen atoms in total. The van der Waals surface area contributed by atoms with E-state index in [0.717, 1.165) is 22.3 Å². The zero-order valence-electron chi connectivity index (χ0n) is 13.5. The van der Waals surface area contributed by atoms with Gasteiger partial charge in [-0.05, 0) is 22.3 Å². The Labute approximate surface area is 139 Å². The van der Waals surface area contributed by atoms with Gasteiger partial charge in [0.15, 0.2) is 0 Å². The van der Waals surface area contributed by atoms with Gasteiger partial charge in [-0.15, -0.1) is 0 Å². The SMILES string of the molecule is CC12c3ccccc3C(C)(c3ccccc31)[C@H]1C(=O)N(O)C(=O)[C@H]12. The molecular formula is C20H17NO3. The van der Waals surface area contributed by atoms with E-state index < -0.39 is 34.5 Å². The maximum atomic E-state index is 12.8. The highest BCUT2D eigenvalue weighted by atomic mass is 16.5. The molecule has 120 valence electrons. The van der Waals surface area contributed by atoms with Gasteiger partial charge in [0, 0.05) is 10.8 Å². The molecule has 4 aliphatic rings. The summed E-state index contributed by atoms with van der Waals surface area (Å²) in [6, 6.07) is 16.1. The summed E-state index contributed by atoms with van der Waals surface area (Å²) in [5.74, 6) is -2.10. The number of hydrogen-bond donors (Lipinski definition) is 1. The molecule has 0 aromatic heterocycles. The van der Waals surface area contributed by atoms with Gasteiger partial charge < -0.3 is 0 Å². The highest BCUT2D eigenvalue weighted by Gasteiger charge is 2.70. The Morgan fingerprint density at radius 3 is 1.33 bits per heavy atom. The van der Waals surface area contributed by atoms with Gasteiger partial charge in [-0.25, -0.2) is 0 Å². The molecule has 2 bridgehead atoms. The minimum Gasteiger partial charge on any atom is -0.278 e. The number of hydroxylamine groups is 2. The van der Waals surface area contributed by atoms with E-state index in [0.29, 0.717) is 5.06 Å². The molecule has 6 rings (SSSR count). The summed E-state index contributed by atoms with van der Waals surface area (Å²) in [6.45, 7) is 4.07. The van der Waals surface area contributed by atoms with Crippen molar-refractivity contribution in [1.29, 1.82) is 0 Å². The van der Waals surface area contributed by atoms with Gasteiger partial charge in [-0.1, -0.05) is 62.4 Å². The molecule has 1 fully saturated rings. The average molecular weight is 319 g/mol. The number of nitrogens with zero attached hydrogens (tertiary/aromatic N) is 1. The Balaban J connectivity index is 1.98. The number of benzene rings is 2. The lowest BCUT2D eigenvalue weighted by atomic mass is 9.42. The fourth-order valence-electron chi connectivity index (χ4n) is 5.56. The molecule has 0 radical (unpaired) electrons. The highest BCUT2D eigenvalue weighted by molar-refractivity contribution is 6.07. The van der Waals surface area contributed by atoms with Gasteiger partial charge in [-0.3, -0.25) is 14.8 Å². The number of carbonyl (C=O) groups excluding carboxylic acids is 2. The summed E-state index contributed by atoms with van der Waals surface area (Å²) in [5, 5.41) is 10.4. The van der Waals surface area contributed by atoms with Crippen molar-refractivity contribution in [2.75, 3.05) is 0 Å². The van der Waals surface area contributed by atoms with Crippen LogP contribution in [-0.4, -0.2) is 22.1 Å². The molecule has 24 heavy (non-hydrogen) atoms. The molecule has 2 amide bonds. The van der Waals surface area contributed by atoms with E-state index in [9.17, 15) is 14.8 Å². The molecule has 0 unspecified atom stereocenters. The maximum absolute atomic E-state index is 12.8. The van der Waals surface area contributed by atoms with Crippen LogP contribution in [0.25, 0.3) is 0 Å². The average Bonchev–Trinajstić information content (AvgIpc) is 2.85. The second-order valence-electron chi connectivity index (χ2n) is 7.44. The fraction of sp³-hybridized carbons (Fsp3) is 0.300. The van der Waals surface area contributed by atoms with E-state index in [1.807, 2.05) is 38.1 Å². The predicted octanol–water partition coefficient (Wildman–Crippen LogP) is 2.62. The molecule has 1 heterocycles. The third-order valence-electron chi connectivity index (χ3n) is 6.62. The van der Waals surface area contributed by atoms with Crippen LogP contribution in [-0.2, 0) is 20.4 Å². The van der Waals surface area contributed by atoms with Crippen LogP contribution in [0.1, 0.15) is 36.1 Å². The van der Waals surface area contributed by atoms with Gasteiger partial charge >= 0.3 is 0 Å². The van der Waals surface area contributed by atoms with Crippen molar-refractivity contribution < 1.29 is 14.8 Å². The predicted molar refractivity (Wildman–Crippen MR) is 86.4 cm³/mol. The van der Waals surface area contributed by atoms with Crippen LogP contribution >= 0.6 is 0 Å².